The highest BCUT2D eigenvalue weighted by Crippen LogP contribution is 2.44. The lowest BCUT2D eigenvalue weighted by Gasteiger charge is -2.38. The molecule has 0 saturated heterocycles. The van der Waals surface area contributed by atoms with Crippen LogP contribution >= 0.6 is 10.6 Å². The summed E-state index contributed by atoms with van der Waals surface area (Å²) >= 11 is 0. The molecule has 0 rings (SSSR count). The third-order valence-electron chi connectivity index (χ3n) is 8.90. The first kappa shape index (κ1) is 49.7. The average Bonchev–Trinajstić information content (AvgIpc) is 3.07. The zero-order valence-electron chi connectivity index (χ0n) is 33.3. The maximum absolute atomic E-state index is 10.1. The van der Waals surface area contributed by atoms with Crippen LogP contribution in [0.3, 0.4) is 0 Å². The lowest BCUT2D eigenvalue weighted by Crippen LogP contribution is -2.27. The highest BCUT2D eigenvalue weighted by atomic mass is 32.3. The van der Waals surface area contributed by atoms with E-state index in [1.54, 1.807) is 7.11 Å². The van der Waals surface area contributed by atoms with E-state index in [0.29, 0.717) is 13.1 Å². The minimum absolute atomic E-state index is 0.175. The molecule has 2 atom stereocenters. The summed E-state index contributed by atoms with van der Waals surface area (Å²) in [5.74, 6) is 0.975. The molecule has 0 aromatic heterocycles. The van der Waals surface area contributed by atoms with Gasteiger partial charge in [-0.2, -0.15) is 10.6 Å². The van der Waals surface area contributed by atoms with E-state index >= 15 is 0 Å². The van der Waals surface area contributed by atoms with E-state index in [1.807, 2.05) is 12.5 Å². The van der Waals surface area contributed by atoms with Crippen LogP contribution < -0.4 is 0 Å². The van der Waals surface area contributed by atoms with Gasteiger partial charge in [-0.3, -0.25) is 13.2 Å². The highest BCUT2D eigenvalue weighted by Gasteiger charge is 2.16. The quantitative estimate of drug-likeness (QED) is 0.0391. The second-order valence-corrected chi connectivity index (χ2v) is 16.8. The van der Waals surface area contributed by atoms with Crippen LogP contribution in [0, 0.1) is 5.92 Å². The maximum atomic E-state index is 10.1. The summed E-state index contributed by atoms with van der Waals surface area (Å²) in [7, 11) is 0.155. The predicted molar refractivity (Wildman–Crippen MR) is 210 cm³/mol. The van der Waals surface area contributed by atoms with Gasteiger partial charge in [0.1, 0.15) is 0 Å². The maximum Gasteiger partial charge on any atom is 0.293 e. The third kappa shape index (κ3) is 38.4. The van der Waals surface area contributed by atoms with Gasteiger partial charge in [0.2, 0.25) is 0 Å². The molecule has 8 heteroatoms. The molecule has 0 heterocycles. The van der Waals surface area contributed by atoms with Gasteiger partial charge < -0.3 is 19.5 Å². The monoisotopic (exact) mass is 708 g/mol. The van der Waals surface area contributed by atoms with E-state index in [2.05, 4.69) is 32.6 Å². The van der Waals surface area contributed by atoms with Crippen LogP contribution in [0.25, 0.3) is 0 Å². The number of carbonyl (C=O) groups is 1. The summed E-state index contributed by atoms with van der Waals surface area (Å²) in [5.41, 5.74) is 0. The Hall–Kier alpha value is -0.380. The van der Waals surface area contributed by atoms with Crippen molar-refractivity contribution in [2.75, 3.05) is 59.1 Å². The van der Waals surface area contributed by atoms with Crippen LogP contribution in [0.1, 0.15) is 182 Å². The number of hydrogen-bond acceptors (Lipinski definition) is 7. The van der Waals surface area contributed by atoms with Gasteiger partial charge in [0.15, 0.2) is 6.29 Å². The molecule has 292 valence electrons. The fourth-order valence-electron chi connectivity index (χ4n) is 5.82. The molecule has 0 spiro atoms. The molecule has 0 saturated carbocycles. The molecule has 0 aliphatic heterocycles. The normalized spacial score (nSPS) is 13.3. The van der Waals surface area contributed by atoms with Crippen molar-refractivity contribution in [2.24, 2.45) is 5.92 Å². The summed E-state index contributed by atoms with van der Waals surface area (Å²) in [4.78, 5) is 12.7. The molecule has 0 aromatic carbocycles. The minimum Gasteiger partial charge on any atom is -0.468 e. The first-order valence-corrected chi connectivity index (χ1v) is 22.6. The number of nitrogens with zero attached hydrogens (tertiary/aromatic N) is 1. The molecule has 2 unspecified atom stereocenters. The SMILES string of the molecule is CCCC(OC)OS(C)(C)OCCCCCCN(CCCCO)CCCCCCOC=O.CCCCCCCCC(C)CCCCCC. The molecule has 1 N–H and O–H groups in total. The van der Waals surface area contributed by atoms with Crippen LogP contribution in [0.15, 0.2) is 0 Å². The van der Waals surface area contributed by atoms with E-state index in [9.17, 15) is 4.79 Å². The van der Waals surface area contributed by atoms with Crippen LogP contribution in [0.5, 0.6) is 0 Å². The van der Waals surface area contributed by atoms with Crippen molar-refractivity contribution in [1.82, 2.24) is 4.90 Å². The largest absolute Gasteiger partial charge is 0.468 e. The van der Waals surface area contributed by atoms with Crippen molar-refractivity contribution in [2.45, 2.75) is 188 Å². The Morgan fingerprint density at radius 3 is 1.62 bits per heavy atom. The van der Waals surface area contributed by atoms with Gasteiger partial charge in [-0.25, -0.2) is 0 Å². The Morgan fingerprint density at radius 1 is 0.625 bits per heavy atom. The fourth-order valence-corrected chi connectivity index (χ4v) is 7.09. The molecule has 0 bridgehead atoms. The molecule has 0 fully saturated rings. The van der Waals surface area contributed by atoms with Crippen molar-refractivity contribution < 1.29 is 27.7 Å². The van der Waals surface area contributed by atoms with Gasteiger partial charge in [0, 0.05) is 32.6 Å². The molecular weight excluding hydrogens is 623 g/mol. The van der Waals surface area contributed by atoms with E-state index < -0.39 is 10.6 Å². The first-order valence-electron chi connectivity index (χ1n) is 20.3. The van der Waals surface area contributed by atoms with Crippen LogP contribution in [0.2, 0.25) is 0 Å². The van der Waals surface area contributed by atoms with E-state index in [4.69, 9.17) is 22.9 Å². The minimum atomic E-state index is -1.53. The molecule has 0 aliphatic rings. The van der Waals surface area contributed by atoms with Gasteiger partial charge in [-0.1, -0.05) is 137 Å². The molecular formula is C40H85NO6S. The summed E-state index contributed by atoms with van der Waals surface area (Å²) in [5, 5.41) is 9.06. The second-order valence-electron chi connectivity index (χ2n) is 14.1. The van der Waals surface area contributed by atoms with E-state index in [1.165, 1.54) is 109 Å². The Labute approximate surface area is 302 Å². The number of ether oxygens (including phenoxy) is 2. The smallest absolute Gasteiger partial charge is 0.293 e. The fraction of sp³-hybridized carbons (Fsp3) is 0.975. The summed E-state index contributed by atoms with van der Waals surface area (Å²) in [6, 6.07) is 0. The van der Waals surface area contributed by atoms with Crippen molar-refractivity contribution in [1.29, 1.82) is 0 Å². The van der Waals surface area contributed by atoms with Gasteiger partial charge in [0.25, 0.3) is 6.47 Å². The lowest BCUT2D eigenvalue weighted by molar-refractivity contribution is -0.128. The first-order chi connectivity index (χ1) is 23.3. The van der Waals surface area contributed by atoms with Gasteiger partial charge >= 0.3 is 0 Å². The Morgan fingerprint density at radius 2 is 1.10 bits per heavy atom. The zero-order valence-corrected chi connectivity index (χ0v) is 34.1. The topological polar surface area (TPSA) is 77.5 Å². The number of rotatable bonds is 37. The van der Waals surface area contributed by atoms with Crippen molar-refractivity contribution in [3.8, 4) is 0 Å². The standard InChI is InChI=1S/C24H51NO6S.C16H34/c1-5-16-24(28-2)31-32(3,4)30-22-15-9-7-11-18-25(19-12-13-20-26)17-10-6-8-14-21-29-23-27;1-4-6-8-10-11-13-15-16(3)14-12-9-7-5-2/h23-24,26H,5-22H2,1-4H3;16H,4-15H2,1-3H3. The van der Waals surface area contributed by atoms with Crippen LogP contribution in [-0.2, 0) is 22.6 Å². The number of hydrogen-bond donors (Lipinski definition) is 1. The molecule has 48 heavy (non-hydrogen) atoms. The number of aliphatic hydroxyl groups excluding tert-OH is 1. The van der Waals surface area contributed by atoms with Gasteiger partial charge in [0.05, 0.1) is 13.2 Å². The van der Waals surface area contributed by atoms with Crippen molar-refractivity contribution >= 4 is 17.1 Å². The molecule has 0 aliphatic carbocycles. The zero-order chi connectivity index (χ0) is 36.0. The summed E-state index contributed by atoms with van der Waals surface area (Å²) < 4.78 is 22.1. The Kier molecular flexibility index (Phi) is 40.8. The van der Waals surface area contributed by atoms with Crippen LogP contribution in [-0.4, -0.2) is 81.8 Å². The van der Waals surface area contributed by atoms with E-state index in [-0.39, 0.29) is 12.9 Å². The van der Waals surface area contributed by atoms with Crippen molar-refractivity contribution in [3.05, 3.63) is 0 Å². The van der Waals surface area contributed by atoms with Crippen LogP contribution in [0.4, 0.5) is 0 Å². The Bertz CT molecular complexity index is 627. The highest BCUT2D eigenvalue weighted by molar-refractivity contribution is 8.24. The van der Waals surface area contributed by atoms with Crippen molar-refractivity contribution in [3.63, 3.8) is 0 Å². The summed E-state index contributed by atoms with van der Waals surface area (Å²) in [6.07, 6.45) is 34.1. The van der Waals surface area contributed by atoms with Gasteiger partial charge in [-0.05, 0) is 64.1 Å². The number of methoxy groups -OCH3 is 1. The molecule has 7 nitrogen and oxygen atoms in total. The summed E-state index contributed by atoms with van der Waals surface area (Å²) in [6.45, 7) is 14.5. The molecule has 0 amide bonds. The predicted octanol–water partition coefficient (Wildman–Crippen LogP) is 11.4. The number of aliphatic hydroxyl groups is 1. The average molecular weight is 708 g/mol. The number of unbranched alkanes of at least 4 members (excludes halogenated alkanes) is 15. The Balaban J connectivity index is 0. The molecule has 0 radical (unpaired) electrons. The second kappa shape index (κ2) is 39.4. The number of carbonyl (C=O) groups excluding carboxylic acids is 1. The lowest BCUT2D eigenvalue weighted by atomic mass is 9.96. The van der Waals surface area contributed by atoms with E-state index in [0.717, 1.165) is 77.1 Å². The molecule has 0 aromatic rings. The third-order valence-corrected chi connectivity index (χ3v) is 10.3. The van der Waals surface area contributed by atoms with Gasteiger partial charge in [-0.15, -0.1) is 0 Å².